The van der Waals surface area contributed by atoms with Crippen LogP contribution in [0.4, 0.5) is 0 Å². The van der Waals surface area contributed by atoms with Crippen molar-refractivity contribution in [2.24, 2.45) is 0 Å². The molecule has 1 aromatic carbocycles. The minimum Gasteiger partial charge on any atom is -0.309 e. The van der Waals surface area contributed by atoms with Gasteiger partial charge in [0.1, 0.15) is 0 Å². The Kier molecular flexibility index (Phi) is 4.77. The molecule has 2 rings (SSSR count). The van der Waals surface area contributed by atoms with Crippen molar-refractivity contribution in [3.05, 3.63) is 33.8 Å². The molecule has 0 spiro atoms. The number of sulfone groups is 1. The Bertz CT molecular complexity index is 560. The van der Waals surface area contributed by atoms with E-state index in [1.165, 1.54) is 0 Å². The zero-order valence-corrected chi connectivity index (χ0v) is 13.0. The maximum absolute atomic E-state index is 11.7. The highest BCUT2D eigenvalue weighted by Crippen LogP contribution is 2.27. The highest BCUT2D eigenvalue weighted by Gasteiger charge is 2.31. The molecule has 19 heavy (non-hydrogen) atoms. The zero-order chi connectivity index (χ0) is 14.0. The van der Waals surface area contributed by atoms with Crippen LogP contribution in [0.3, 0.4) is 0 Å². The van der Waals surface area contributed by atoms with E-state index in [-0.39, 0.29) is 11.3 Å². The molecule has 106 valence electrons. The van der Waals surface area contributed by atoms with E-state index in [9.17, 15) is 8.42 Å². The molecule has 0 radical (unpaired) electrons. The molecule has 1 aromatic rings. The van der Waals surface area contributed by atoms with E-state index in [0.29, 0.717) is 22.3 Å². The average molecular weight is 322 g/mol. The Labute approximate surface area is 124 Å². The summed E-state index contributed by atoms with van der Waals surface area (Å²) in [5.74, 6) is 0.311. The van der Waals surface area contributed by atoms with Crippen LogP contribution in [0, 0.1) is 0 Å². The van der Waals surface area contributed by atoms with Crippen LogP contribution >= 0.6 is 23.2 Å². The Morgan fingerprint density at radius 2 is 2.16 bits per heavy atom. The van der Waals surface area contributed by atoms with Crippen LogP contribution in [0.25, 0.3) is 0 Å². The molecule has 6 heteroatoms. The van der Waals surface area contributed by atoms with Crippen LogP contribution < -0.4 is 5.32 Å². The fraction of sp³-hybridized carbons (Fsp3) is 0.538. The Hall–Kier alpha value is -0.290. The van der Waals surface area contributed by atoms with Crippen LogP contribution in [0.15, 0.2) is 18.2 Å². The standard InChI is InChI=1S/C13H17Cl2NO2S/c1-9(12-7-10(14)4-5-13(12)15)16-8-11-3-2-6-19(11,17)18/h4-5,7,9,11,16H,2-3,6,8H2,1H3. The van der Waals surface area contributed by atoms with Crippen LogP contribution in [-0.4, -0.2) is 26.0 Å². The van der Waals surface area contributed by atoms with Gasteiger partial charge < -0.3 is 5.32 Å². The lowest BCUT2D eigenvalue weighted by atomic mass is 10.1. The van der Waals surface area contributed by atoms with E-state index >= 15 is 0 Å². The van der Waals surface area contributed by atoms with Crippen molar-refractivity contribution >= 4 is 33.0 Å². The molecule has 0 bridgehead atoms. The van der Waals surface area contributed by atoms with Crippen molar-refractivity contribution in [1.82, 2.24) is 5.32 Å². The van der Waals surface area contributed by atoms with Crippen LogP contribution in [-0.2, 0) is 9.84 Å². The second-order valence-electron chi connectivity index (χ2n) is 4.93. The molecular weight excluding hydrogens is 305 g/mol. The maximum Gasteiger partial charge on any atom is 0.154 e. The maximum atomic E-state index is 11.7. The van der Waals surface area contributed by atoms with E-state index in [4.69, 9.17) is 23.2 Å². The van der Waals surface area contributed by atoms with E-state index < -0.39 is 9.84 Å². The SMILES string of the molecule is CC(NCC1CCCS1(=O)=O)c1cc(Cl)ccc1Cl. The molecule has 3 nitrogen and oxygen atoms in total. The van der Waals surface area contributed by atoms with Gasteiger partial charge in [-0.15, -0.1) is 0 Å². The largest absolute Gasteiger partial charge is 0.309 e. The molecule has 0 aromatic heterocycles. The molecule has 0 aliphatic carbocycles. The third-order valence-electron chi connectivity index (χ3n) is 3.54. The zero-order valence-electron chi connectivity index (χ0n) is 10.7. The van der Waals surface area contributed by atoms with Gasteiger partial charge in [0.25, 0.3) is 0 Å². The monoisotopic (exact) mass is 321 g/mol. The molecule has 1 fully saturated rings. The normalized spacial score (nSPS) is 23.4. The van der Waals surface area contributed by atoms with Gasteiger partial charge in [0.2, 0.25) is 0 Å². The molecule has 1 aliphatic rings. The first-order chi connectivity index (χ1) is 8.90. The second-order valence-corrected chi connectivity index (χ2v) is 8.17. The number of hydrogen-bond acceptors (Lipinski definition) is 3. The minimum atomic E-state index is -2.90. The van der Waals surface area contributed by atoms with Crippen molar-refractivity contribution in [2.45, 2.75) is 31.1 Å². The van der Waals surface area contributed by atoms with Gasteiger partial charge in [0, 0.05) is 22.6 Å². The van der Waals surface area contributed by atoms with Gasteiger partial charge in [-0.2, -0.15) is 0 Å². The van der Waals surface area contributed by atoms with Gasteiger partial charge in [-0.1, -0.05) is 23.2 Å². The first kappa shape index (κ1) is 15.1. The van der Waals surface area contributed by atoms with Crippen molar-refractivity contribution in [2.75, 3.05) is 12.3 Å². The molecular formula is C13H17Cl2NO2S. The lowest BCUT2D eigenvalue weighted by molar-refractivity contribution is 0.538. The van der Waals surface area contributed by atoms with Crippen molar-refractivity contribution in [3.8, 4) is 0 Å². The summed E-state index contributed by atoms with van der Waals surface area (Å²) in [7, 11) is -2.90. The van der Waals surface area contributed by atoms with E-state index in [2.05, 4.69) is 5.32 Å². The van der Waals surface area contributed by atoms with E-state index in [1.54, 1.807) is 12.1 Å². The van der Waals surface area contributed by atoms with Gasteiger partial charge in [-0.05, 0) is 43.5 Å². The highest BCUT2D eigenvalue weighted by molar-refractivity contribution is 7.92. The van der Waals surface area contributed by atoms with Gasteiger partial charge in [0.15, 0.2) is 9.84 Å². The Morgan fingerprint density at radius 1 is 1.42 bits per heavy atom. The third kappa shape index (κ3) is 3.63. The summed E-state index contributed by atoms with van der Waals surface area (Å²) in [6.45, 7) is 2.42. The molecule has 0 amide bonds. The predicted molar refractivity (Wildman–Crippen MR) is 79.7 cm³/mol. The summed E-state index contributed by atoms with van der Waals surface area (Å²) in [5, 5.41) is 4.24. The topological polar surface area (TPSA) is 46.2 Å². The molecule has 1 heterocycles. The van der Waals surface area contributed by atoms with E-state index in [1.807, 2.05) is 13.0 Å². The molecule has 1 N–H and O–H groups in total. The van der Waals surface area contributed by atoms with Gasteiger partial charge in [-0.25, -0.2) is 8.42 Å². The van der Waals surface area contributed by atoms with E-state index in [0.717, 1.165) is 18.4 Å². The molecule has 2 atom stereocenters. The molecule has 2 unspecified atom stereocenters. The van der Waals surface area contributed by atoms with Gasteiger partial charge in [0.05, 0.1) is 11.0 Å². The molecule has 0 saturated carbocycles. The lowest BCUT2D eigenvalue weighted by Gasteiger charge is -2.18. The number of halogens is 2. The fourth-order valence-corrected chi connectivity index (χ4v) is 4.59. The first-order valence-electron chi connectivity index (χ1n) is 6.30. The van der Waals surface area contributed by atoms with Crippen LogP contribution in [0.1, 0.15) is 31.4 Å². The lowest BCUT2D eigenvalue weighted by Crippen LogP contribution is -2.32. The summed E-state index contributed by atoms with van der Waals surface area (Å²) in [6, 6.07) is 5.28. The van der Waals surface area contributed by atoms with Crippen LogP contribution in [0.5, 0.6) is 0 Å². The third-order valence-corrected chi connectivity index (χ3v) is 6.39. The number of hydrogen-bond donors (Lipinski definition) is 1. The summed E-state index contributed by atoms with van der Waals surface area (Å²) >= 11 is 12.1. The molecule has 1 aliphatic heterocycles. The van der Waals surface area contributed by atoms with Crippen molar-refractivity contribution < 1.29 is 8.42 Å². The summed E-state index contributed by atoms with van der Waals surface area (Å²) < 4.78 is 23.5. The summed E-state index contributed by atoms with van der Waals surface area (Å²) in [6.07, 6.45) is 1.51. The first-order valence-corrected chi connectivity index (χ1v) is 8.77. The predicted octanol–water partition coefficient (Wildman–Crippen LogP) is 3.22. The quantitative estimate of drug-likeness (QED) is 0.926. The summed E-state index contributed by atoms with van der Waals surface area (Å²) in [5.41, 5.74) is 0.893. The summed E-state index contributed by atoms with van der Waals surface area (Å²) in [4.78, 5) is 0. The number of nitrogens with one attached hydrogen (secondary N) is 1. The highest BCUT2D eigenvalue weighted by atomic mass is 35.5. The fourth-order valence-electron chi connectivity index (χ4n) is 2.35. The minimum absolute atomic E-state index is 0.0259. The number of rotatable bonds is 4. The van der Waals surface area contributed by atoms with Gasteiger partial charge >= 0.3 is 0 Å². The average Bonchev–Trinajstić information content (AvgIpc) is 2.68. The Morgan fingerprint density at radius 3 is 2.79 bits per heavy atom. The smallest absolute Gasteiger partial charge is 0.154 e. The molecule has 1 saturated heterocycles. The van der Waals surface area contributed by atoms with Crippen molar-refractivity contribution in [3.63, 3.8) is 0 Å². The second kappa shape index (κ2) is 6.00. The van der Waals surface area contributed by atoms with Crippen LogP contribution in [0.2, 0.25) is 10.0 Å². The van der Waals surface area contributed by atoms with Gasteiger partial charge in [-0.3, -0.25) is 0 Å². The Balaban J connectivity index is 2.02. The number of benzene rings is 1. The van der Waals surface area contributed by atoms with Crippen molar-refractivity contribution in [1.29, 1.82) is 0 Å².